The van der Waals surface area contributed by atoms with Gasteiger partial charge in [-0.1, -0.05) is 0 Å². The molecule has 1 aromatic rings. The minimum atomic E-state index is 0.123. The van der Waals surface area contributed by atoms with Gasteiger partial charge in [-0.3, -0.25) is 4.79 Å². The molecule has 1 aliphatic heterocycles. The number of hydrogen-bond donors (Lipinski definition) is 1. The lowest BCUT2D eigenvalue weighted by Crippen LogP contribution is -2.33. The Morgan fingerprint density at radius 3 is 3.18 bits per heavy atom. The molecule has 1 aromatic heterocycles. The third-order valence-corrected chi connectivity index (χ3v) is 4.81. The van der Waals surface area contributed by atoms with E-state index in [4.69, 9.17) is 0 Å². The van der Waals surface area contributed by atoms with E-state index in [1.165, 1.54) is 37.1 Å². The first-order valence-corrected chi connectivity index (χ1v) is 8.49. The van der Waals surface area contributed by atoms with E-state index in [2.05, 4.69) is 27.2 Å². The number of rotatable bonds is 5. The van der Waals surface area contributed by atoms with Crippen LogP contribution in [0.4, 0.5) is 0 Å². The second-order valence-electron chi connectivity index (χ2n) is 6.70. The quantitative estimate of drug-likeness (QED) is 0.899. The molecule has 0 radical (unpaired) electrons. The number of fused-ring (bicyclic) bond motifs is 1. The predicted molar refractivity (Wildman–Crippen MR) is 85.4 cm³/mol. The summed E-state index contributed by atoms with van der Waals surface area (Å²) >= 11 is 0. The molecule has 1 N–H and O–H groups in total. The van der Waals surface area contributed by atoms with Crippen LogP contribution in [0.1, 0.15) is 49.2 Å². The van der Waals surface area contributed by atoms with Gasteiger partial charge in [-0.2, -0.15) is 0 Å². The maximum atomic E-state index is 12.0. The summed E-state index contributed by atoms with van der Waals surface area (Å²) in [6, 6.07) is 0. The molecular formula is C17H26N4O. The number of carbonyl (C=O) groups excluding carboxylic acids is 1. The van der Waals surface area contributed by atoms with Gasteiger partial charge in [0.25, 0.3) is 0 Å². The normalized spacial score (nSPS) is 21.6. The molecule has 3 rings (SSSR count). The second kappa shape index (κ2) is 7.18. The fourth-order valence-electron chi connectivity index (χ4n) is 3.55. The number of hydrogen-bond acceptors (Lipinski definition) is 4. The molecule has 1 amide bonds. The van der Waals surface area contributed by atoms with Crippen molar-refractivity contribution in [2.24, 2.45) is 5.92 Å². The van der Waals surface area contributed by atoms with E-state index < -0.39 is 0 Å². The molecule has 0 bridgehead atoms. The monoisotopic (exact) mass is 302 g/mol. The average Bonchev–Trinajstić information content (AvgIpc) is 2.98. The fourth-order valence-corrected chi connectivity index (χ4v) is 3.55. The maximum Gasteiger partial charge on any atom is 0.220 e. The molecule has 2 heterocycles. The van der Waals surface area contributed by atoms with Crippen molar-refractivity contribution in [2.45, 2.75) is 51.5 Å². The van der Waals surface area contributed by atoms with E-state index in [1.54, 1.807) is 0 Å². The first kappa shape index (κ1) is 15.4. The lowest BCUT2D eigenvalue weighted by atomic mass is 9.93. The number of piperidine rings is 1. The Kier molecular flexibility index (Phi) is 5.03. The van der Waals surface area contributed by atoms with Crippen molar-refractivity contribution in [3.8, 4) is 0 Å². The minimum Gasteiger partial charge on any atom is -0.349 e. The van der Waals surface area contributed by atoms with Crippen LogP contribution in [0.3, 0.4) is 0 Å². The van der Waals surface area contributed by atoms with Crippen LogP contribution in [-0.4, -0.2) is 40.9 Å². The van der Waals surface area contributed by atoms with Crippen LogP contribution in [0.2, 0.25) is 0 Å². The van der Waals surface area contributed by atoms with Crippen LogP contribution in [0.15, 0.2) is 6.20 Å². The summed E-state index contributed by atoms with van der Waals surface area (Å²) in [6.07, 6.45) is 9.36. The summed E-state index contributed by atoms with van der Waals surface area (Å²) in [7, 11) is 2.16. The van der Waals surface area contributed by atoms with Gasteiger partial charge in [0, 0.05) is 24.9 Å². The molecule has 120 valence electrons. The maximum absolute atomic E-state index is 12.0. The van der Waals surface area contributed by atoms with Crippen LogP contribution < -0.4 is 5.32 Å². The van der Waals surface area contributed by atoms with E-state index in [0.717, 1.165) is 31.6 Å². The summed E-state index contributed by atoms with van der Waals surface area (Å²) in [4.78, 5) is 23.3. The van der Waals surface area contributed by atoms with Crippen LogP contribution >= 0.6 is 0 Å². The first-order valence-electron chi connectivity index (χ1n) is 8.49. The highest BCUT2D eigenvalue weighted by Gasteiger charge is 2.18. The second-order valence-corrected chi connectivity index (χ2v) is 6.70. The summed E-state index contributed by atoms with van der Waals surface area (Å²) in [5, 5.41) is 2.96. The fraction of sp³-hybridized carbons (Fsp3) is 0.706. The van der Waals surface area contributed by atoms with Crippen molar-refractivity contribution in [3.63, 3.8) is 0 Å². The molecule has 5 heteroatoms. The van der Waals surface area contributed by atoms with Crippen molar-refractivity contribution < 1.29 is 4.79 Å². The first-order chi connectivity index (χ1) is 10.7. The number of amides is 1. The topological polar surface area (TPSA) is 58.1 Å². The minimum absolute atomic E-state index is 0.123. The Bertz CT molecular complexity index is 531. The summed E-state index contributed by atoms with van der Waals surface area (Å²) in [5.74, 6) is 1.53. The van der Waals surface area contributed by atoms with E-state index in [0.29, 0.717) is 18.9 Å². The van der Waals surface area contributed by atoms with Crippen molar-refractivity contribution in [2.75, 3.05) is 20.1 Å². The molecule has 1 unspecified atom stereocenters. The highest BCUT2D eigenvalue weighted by atomic mass is 16.1. The summed E-state index contributed by atoms with van der Waals surface area (Å²) in [5.41, 5.74) is 2.45. The zero-order valence-corrected chi connectivity index (χ0v) is 13.5. The number of aromatic nitrogens is 2. The zero-order valence-electron chi connectivity index (χ0n) is 13.5. The van der Waals surface area contributed by atoms with E-state index >= 15 is 0 Å². The van der Waals surface area contributed by atoms with Gasteiger partial charge in [0.2, 0.25) is 5.91 Å². The molecular weight excluding hydrogens is 276 g/mol. The van der Waals surface area contributed by atoms with Gasteiger partial charge in [-0.05, 0) is 63.6 Å². The van der Waals surface area contributed by atoms with Crippen LogP contribution in [0.25, 0.3) is 0 Å². The molecule has 1 aliphatic carbocycles. The third-order valence-electron chi connectivity index (χ3n) is 4.81. The molecule has 1 fully saturated rings. The molecule has 1 saturated heterocycles. The highest BCUT2D eigenvalue weighted by molar-refractivity contribution is 5.75. The van der Waals surface area contributed by atoms with Crippen LogP contribution in [0, 0.1) is 5.92 Å². The Hall–Kier alpha value is -1.49. The highest BCUT2D eigenvalue weighted by Crippen LogP contribution is 2.20. The van der Waals surface area contributed by atoms with Crippen LogP contribution in [0.5, 0.6) is 0 Å². The Balaban J connectivity index is 1.40. The Morgan fingerprint density at radius 2 is 2.32 bits per heavy atom. The predicted octanol–water partition coefficient (Wildman–Crippen LogP) is 1.70. The largest absolute Gasteiger partial charge is 0.349 e. The van der Waals surface area contributed by atoms with Crippen molar-refractivity contribution >= 4 is 5.91 Å². The molecule has 0 aromatic carbocycles. The lowest BCUT2D eigenvalue weighted by molar-refractivity contribution is -0.121. The molecule has 5 nitrogen and oxygen atoms in total. The van der Waals surface area contributed by atoms with Gasteiger partial charge in [0.15, 0.2) is 0 Å². The third kappa shape index (κ3) is 4.03. The van der Waals surface area contributed by atoms with Crippen molar-refractivity contribution in [1.29, 1.82) is 0 Å². The average molecular weight is 302 g/mol. The molecule has 0 saturated carbocycles. The Morgan fingerprint density at radius 1 is 1.41 bits per heavy atom. The number of likely N-dealkylation sites (tertiary alicyclic amines) is 1. The standard InChI is InChI=1S/C17H26N4O/c1-21-9-3-4-13(12-21)7-8-17(22)19-11-16-18-10-14-5-2-6-15(14)20-16/h10,13H,2-9,11-12H2,1H3,(H,19,22). The number of nitrogens with one attached hydrogen (secondary N) is 1. The molecule has 0 spiro atoms. The van der Waals surface area contributed by atoms with E-state index in [1.807, 2.05) is 6.20 Å². The Labute approximate surface area is 132 Å². The summed E-state index contributed by atoms with van der Waals surface area (Å²) in [6.45, 7) is 2.77. The number of aryl methyl sites for hydroxylation is 2. The van der Waals surface area contributed by atoms with Gasteiger partial charge in [-0.15, -0.1) is 0 Å². The van der Waals surface area contributed by atoms with Crippen LogP contribution in [-0.2, 0) is 24.2 Å². The van der Waals surface area contributed by atoms with Gasteiger partial charge < -0.3 is 10.2 Å². The number of carbonyl (C=O) groups is 1. The van der Waals surface area contributed by atoms with Gasteiger partial charge in [0.05, 0.1) is 6.54 Å². The zero-order chi connectivity index (χ0) is 15.4. The van der Waals surface area contributed by atoms with Gasteiger partial charge in [-0.25, -0.2) is 9.97 Å². The lowest BCUT2D eigenvalue weighted by Gasteiger charge is -2.29. The van der Waals surface area contributed by atoms with Gasteiger partial charge >= 0.3 is 0 Å². The smallest absolute Gasteiger partial charge is 0.220 e. The molecule has 1 atom stereocenters. The summed E-state index contributed by atoms with van der Waals surface area (Å²) < 4.78 is 0. The van der Waals surface area contributed by atoms with E-state index in [9.17, 15) is 4.79 Å². The van der Waals surface area contributed by atoms with Crippen molar-refractivity contribution in [3.05, 3.63) is 23.3 Å². The SMILES string of the molecule is CN1CCCC(CCC(=O)NCc2ncc3c(n2)CCC3)C1. The number of nitrogens with zero attached hydrogens (tertiary/aromatic N) is 3. The van der Waals surface area contributed by atoms with E-state index in [-0.39, 0.29) is 5.91 Å². The molecule has 2 aliphatic rings. The van der Waals surface area contributed by atoms with Gasteiger partial charge in [0.1, 0.15) is 5.82 Å². The molecule has 22 heavy (non-hydrogen) atoms. The van der Waals surface area contributed by atoms with Crippen molar-refractivity contribution in [1.82, 2.24) is 20.2 Å².